The standard InChI is InChI=1S/C11H13N3O2/c12-11-7-10(13-14-11)8-1-3-9(4-2-8)16-6-5-15/h1-4,7,15H,5-6H2,(H3,12,13,14). The van der Waals surface area contributed by atoms with Crippen LogP contribution < -0.4 is 10.5 Å². The predicted molar refractivity (Wildman–Crippen MR) is 61.0 cm³/mol. The summed E-state index contributed by atoms with van der Waals surface area (Å²) in [6, 6.07) is 9.24. The van der Waals surface area contributed by atoms with Gasteiger partial charge in [-0.2, -0.15) is 5.10 Å². The third-order valence-electron chi connectivity index (χ3n) is 2.12. The topological polar surface area (TPSA) is 84.2 Å². The maximum absolute atomic E-state index is 8.61. The molecule has 0 amide bonds. The Kier molecular flexibility index (Phi) is 3.07. The zero-order valence-corrected chi connectivity index (χ0v) is 8.68. The number of aromatic amines is 1. The van der Waals surface area contributed by atoms with Crippen LogP contribution in [-0.4, -0.2) is 28.5 Å². The van der Waals surface area contributed by atoms with Crippen molar-refractivity contribution in [1.29, 1.82) is 0 Å². The van der Waals surface area contributed by atoms with Gasteiger partial charge in [-0.15, -0.1) is 0 Å². The van der Waals surface area contributed by atoms with Crippen LogP contribution in [0.2, 0.25) is 0 Å². The van der Waals surface area contributed by atoms with Gasteiger partial charge in [-0.05, 0) is 29.8 Å². The van der Waals surface area contributed by atoms with Gasteiger partial charge < -0.3 is 15.6 Å². The fraction of sp³-hybridized carbons (Fsp3) is 0.182. The lowest BCUT2D eigenvalue weighted by Gasteiger charge is -2.04. The Hall–Kier alpha value is -2.01. The molecule has 5 heteroatoms. The molecule has 0 aliphatic rings. The molecular weight excluding hydrogens is 206 g/mol. The molecule has 1 aromatic heterocycles. The molecule has 0 bridgehead atoms. The zero-order valence-electron chi connectivity index (χ0n) is 8.68. The van der Waals surface area contributed by atoms with Crippen molar-refractivity contribution in [2.75, 3.05) is 18.9 Å². The van der Waals surface area contributed by atoms with Gasteiger partial charge in [-0.25, -0.2) is 0 Å². The lowest BCUT2D eigenvalue weighted by Crippen LogP contribution is -2.01. The van der Waals surface area contributed by atoms with Gasteiger partial charge in [0, 0.05) is 6.07 Å². The van der Waals surface area contributed by atoms with Crippen molar-refractivity contribution >= 4 is 5.82 Å². The summed E-state index contributed by atoms with van der Waals surface area (Å²) < 4.78 is 5.25. The molecule has 0 saturated heterocycles. The highest BCUT2D eigenvalue weighted by Crippen LogP contribution is 2.21. The Morgan fingerprint density at radius 1 is 1.31 bits per heavy atom. The van der Waals surface area contributed by atoms with Crippen molar-refractivity contribution in [1.82, 2.24) is 10.2 Å². The molecule has 1 aromatic carbocycles. The molecule has 0 saturated carbocycles. The molecule has 0 radical (unpaired) electrons. The van der Waals surface area contributed by atoms with E-state index in [-0.39, 0.29) is 6.61 Å². The van der Waals surface area contributed by atoms with Crippen molar-refractivity contribution in [3.8, 4) is 17.0 Å². The van der Waals surface area contributed by atoms with Crippen molar-refractivity contribution in [3.63, 3.8) is 0 Å². The Morgan fingerprint density at radius 2 is 2.06 bits per heavy atom. The third kappa shape index (κ3) is 2.32. The number of H-pyrrole nitrogens is 1. The van der Waals surface area contributed by atoms with Crippen LogP contribution in [0, 0.1) is 0 Å². The van der Waals surface area contributed by atoms with E-state index in [1.807, 2.05) is 24.3 Å². The smallest absolute Gasteiger partial charge is 0.145 e. The monoisotopic (exact) mass is 219 g/mol. The Bertz CT molecular complexity index is 451. The number of rotatable bonds is 4. The second-order valence-electron chi connectivity index (χ2n) is 3.30. The number of aliphatic hydroxyl groups is 1. The van der Waals surface area contributed by atoms with Gasteiger partial charge in [-0.1, -0.05) is 0 Å². The van der Waals surface area contributed by atoms with Gasteiger partial charge in [0.25, 0.3) is 0 Å². The van der Waals surface area contributed by atoms with E-state index >= 15 is 0 Å². The van der Waals surface area contributed by atoms with Crippen LogP contribution in [0.3, 0.4) is 0 Å². The van der Waals surface area contributed by atoms with Crippen LogP contribution in [-0.2, 0) is 0 Å². The number of nitrogens with one attached hydrogen (secondary N) is 1. The molecule has 2 rings (SSSR count). The summed E-state index contributed by atoms with van der Waals surface area (Å²) in [5, 5.41) is 15.3. The lowest BCUT2D eigenvalue weighted by atomic mass is 10.1. The number of nitrogens with two attached hydrogens (primary N) is 1. The highest BCUT2D eigenvalue weighted by Gasteiger charge is 2.01. The molecule has 1 heterocycles. The Labute approximate surface area is 92.9 Å². The summed E-state index contributed by atoms with van der Waals surface area (Å²) in [6.45, 7) is 0.315. The van der Waals surface area contributed by atoms with Crippen molar-refractivity contribution in [3.05, 3.63) is 30.3 Å². The molecule has 16 heavy (non-hydrogen) atoms. The zero-order chi connectivity index (χ0) is 11.4. The number of ether oxygens (including phenoxy) is 1. The number of nitrogen functional groups attached to an aromatic ring is 1. The minimum atomic E-state index is 0.0127. The highest BCUT2D eigenvalue weighted by atomic mass is 16.5. The molecular formula is C11H13N3O2. The Balaban J connectivity index is 2.13. The van der Waals surface area contributed by atoms with E-state index in [1.54, 1.807) is 6.07 Å². The minimum absolute atomic E-state index is 0.0127. The first-order valence-corrected chi connectivity index (χ1v) is 4.94. The maximum Gasteiger partial charge on any atom is 0.145 e. The second-order valence-corrected chi connectivity index (χ2v) is 3.30. The average molecular weight is 219 g/mol. The highest BCUT2D eigenvalue weighted by molar-refractivity contribution is 5.62. The summed E-state index contributed by atoms with van der Waals surface area (Å²) in [5.41, 5.74) is 7.37. The molecule has 0 unspecified atom stereocenters. The molecule has 5 nitrogen and oxygen atoms in total. The SMILES string of the molecule is Nc1cc(-c2ccc(OCCO)cc2)[nH]n1. The minimum Gasteiger partial charge on any atom is -0.491 e. The van der Waals surface area contributed by atoms with E-state index < -0.39 is 0 Å². The number of benzene rings is 1. The van der Waals surface area contributed by atoms with Crippen LogP contribution in [0.25, 0.3) is 11.3 Å². The summed E-state index contributed by atoms with van der Waals surface area (Å²) in [5.74, 6) is 1.20. The van der Waals surface area contributed by atoms with Crippen LogP contribution in [0.1, 0.15) is 0 Å². The normalized spacial score (nSPS) is 10.3. The first-order valence-electron chi connectivity index (χ1n) is 4.94. The number of aromatic nitrogens is 2. The fourth-order valence-electron chi connectivity index (χ4n) is 1.38. The molecule has 0 aliphatic carbocycles. The van der Waals surface area contributed by atoms with E-state index in [2.05, 4.69) is 10.2 Å². The summed E-state index contributed by atoms with van der Waals surface area (Å²) in [4.78, 5) is 0. The largest absolute Gasteiger partial charge is 0.491 e. The van der Waals surface area contributed by atoms with Gasteiger partial charge in [0.05, 0.1) is 12.3 Å². The maximum atomic E-state index is 8.61. The molecule has 4 N–H and O–H groups in total. The number of aliphatic hydroxyl groups excluding tert-OH is 1. The molecule has 0 atom stereocenters. The van der Waals surface area contributed by atoms with Gasteiger partial charge in [0.2, 0.25) is 0 Å². The van der Waals surface area contributed by atoms with Crippen LogP contribution >= 0.6 is 0 Å². The number of hydrogen-bond acceptors (Lipinski definition) is 4. The molecule has 0 spiro atoms. The molecule has 84 valence electrons. The van der Waals surface area contributed by atoms with Gasteiger partial charge >= 0.3 is 0 Å². The fourth-order valence-corrected chi connectivity index (χ4v) is 1.38. The first kappa shape index (κ1) is 10.5. The van der Waals surface area contributed by atoms with E-state index in [9.17, 15) is 0 Å². The Morgan fingerprint density at radius 3 is 2.62 bits per heavy atom. The number of hydrogen-bond donors (Lipinski definition) is 3. The first-order chi connectivity index (χ1) is 7.79. The molecule has 0 fully saturated rings. The van der Waals surface area contributed by atoms with E-state index in [0.717, 1.165) is 17.0 Å². The van der Waals surface area contributed by atoms with Crippen LogP contribution in [0.15, 0.2) is 30.3 Å². The second kappa shape index (κ2) is 4.67. The number of anilines is 1. The quantitative estimate of drug-likeness (QED) is 0.717. The average Bonchev–Trinajstić information content (AvgIpc) is 2.74. The van der Waals surface area contributed by atoms with Gasteiger partial charge in [-0.3, -0.25) is 5.10 Å². The van der Waals surface area contributed by atoms with Crippen molar-refractivity contribution < 1.29 is 9.84 Å². The van der Waals surface area contributed by atoms with E-state index in [1.165, 1.54) is 0 Å². The van der Waals surface area contributed by atoms with Crippen molar-refractivity contribution in [2.45, 2.75) is 0 Å². The third-order valence-corrected chi connectivity index (χ3v) is 2.12. The molecule has 2 aromatic rings. The summed E-state index contributed by atoms with van der Waals surface area (Å²) in [6.07, 6.45) is 0. The van der Waals surface area contributed by atoms with Crippen molar-refractivity contribution in [2.24, 2.45) is 0 Å². The lowest BCUT2D eigenvalue weighted by molar-refractivity contribution is 0.201. The summed E-state index contributed by atoms with van der Waals surface area (Å²) >= 11 is 0. The van der Waals surface area contributed by atoms with Crippen LogP contribution in [0.5, 0.6) is 5.75 Å². The summed E-state index contributed by atoms with van der Waals surface area (Å²) in [7, 11) is 0. The van der Waals surface area contributed by atoms with Gasteiger partial charge in [0.15, 0.2) is 0 Å². The molecule has 0 aliphatic heterocycles. The van der Waals surface area contributed by atoms with Crippen LogP contribution in [0.4, 0.5) is 5.82 Å². The van der Waals surface area contributed by atoms with Gasteiger partial charge in [0.1, 0.15) is 18.2 Å². The van der Waals surface area contributed by atoms with E-state index in [0.29, 0.717) is 12.4 Å². The van der Waals surface area contributed by atoms with E-state index in [4.69, 9.17) is 15.6 Å². The predicted octanol–water partition coefficient (Wildman–Crippen LogP) is 1.03. The number of nitrogens with zero attached hydrogens (tertiary/aromatic N) is 1.